The fourth-order valence-corrected chi connectivity index (χ4v) is 0.258. The van der Waals surface area contributed by atoms with Gasteiger partial charge in [0, 0.05) is 40.7 Å². The van der Waals surface area contributed by atoms with Crippen LogP contribution in [-0.4, -0.2) is 41.5 Å². The van der Waals surface area contributed by atoms with E-state index in [0.29, 0.717) is 0 Å². The first-order valence-corrected chi connectivity index (χ1v) is 3.02. The molecule has 0 spiro atoms. The van der Waals surface area contributed by atoms with Gasteiger partial charge in [-0.2, -0.15) is 0 Å². The van der Waals surface area contributed by atoms with Crippen LogP contribution in [0.4, 0.5) is 0 Å². The summed E-state index contributed by atoms with van der Waals surface area (Å²) in [5.41, 5.74) is 0.388. The normalized spacial score (nSPS) is 7.83. The van der Waals surface area contributed by atoms with Crippen molar-refractivity contribution in [3.63, 3.8) is 0 Å². The molecule has 12 heavy (non-hydrogen) atoms. The van der Waals surface area contributed by atoms with Crippen LogP contribution in [0, 0.1) is 0 Å². The Bertz CT molecular complexity index is 206. The Morgan fingerprint density at radius 2 is 1.25 bits per heavy atom. The number of rotatable bonds is 2. The molecule has 0 aromatic rings. The second-order valence-electron chi connectivity index (χ2n) is 2.24. The number of ether oxygens (including phenoxy) is 1. The summed E-state index contributed by atoms with van der Waals surface area (Å²) < 4.78 is 4.30. The van der Waals surface area contributed by atoms with Gasteiger partial charge in [-0.1, -0.05) is 13.2 Å². The maximum Gasteiger partial charge on any atom is 0.340 e. The molecule has 0 aromatic heterocycles. The van der Waals surface area contributed by atoms with Crippen molar-refractivity contribution in [3.8, 4) is 0 Å². The van der Waals surface area contributed by atoms with Gasteiger partial charge in [-0.05, 0) is 13.8 Å². The van der Waals surface area contributed by atoms with Gasteiger partial charge in [0.1, 0.15) is 0 Å². The van der Waals surface area contributed by atoms with Gasteiger partial charge in [0.05, 0.1) is 0 Å². The summed E-state index contributed by atoms with van der Waals surface area (Å²) in [5, 5.41) is 0. The standard InChI is InChI=1S/C8H10O3.Na/c1-5(2)7(9)11-8(10)6(3)4;/h1,3H2,2,4H3;. The van der Waals surface area contributed by atoms with Crippen molar-refractivity contribution >= 4 is 41.5 Å². The molecule has 0 heterocycles. The van der Waals surface area contributed by atoms with Gasteiger partial charge in [0.25, 0.3) is 0 Å². The summed E-state index contributed by atoms with van der Waals surface area (Å²) in [5.74, 6) is -1.42. The maximum absolute atomic E-state index is 10.7. The third kappa shape index (κ3) is 5.29. The van der Waals surface area contributed by atoms with Crippen molar-refractivity contribution in [2.75, 3.05) is 0 Å². The Morgan fingerprint density at radius 3 is 1.42 bits per heavy atom. The van der Waals surface area contributed by atoms with Crippen LogP contribution in [0.2, 0.25) is 0 Å². The Labute approximate surface area is 93.8 Å². The van der Waals surface area contributed by atoms with Crippen LogP contribution in [0.15, 0.2) is 24.3 Å². The van der Waals surface area contributed by atoms with Gasteiger partial charge < -0.3 is 4.74 Å². The molecule has 0 aliphatic rings. The third-order valence-electron chi connectivity index (χ3n) is 0.882. The SMILES string of the molecule is C=C(C)C(=O)OC(=O)C(=C)C.[Na]. The molecular formula is C8H10NaO3. The summed E-state index contributed by atoms with van der Waals surface area (Å²) >= 11 is 0. The minimum atomic E-state index is -0.710. The van der Waals surface area contributed by atoms with Crippen LogP contribution in [0.1, 0.15) is 13.8 Å². The van der Waals surface area contributed by atoms with E-state index >= 15 is 0 Å². The summed E-state index contributed by atoms with van der Waals surface area (Å²) in [7, 11) is 0. The quantitative estimate of drug-likeness (QED) is 0.271. The summed E-state index contributed by atoms with van der Waals surface area (Å²) in [6.07, 6.45) is 0. The number of hydrogen-bond acceptors (Lipinski definition) is 3. The molecule has 0 amide bonds. The van der Waals surface area contributed by atoms with Crippen molar-refractivity contribution in [2.24, 2.45) is 0 Å². The zero-order valence-corrected chi connectivity index (χ0v) is 9.64. The first-order chi connectivity index (χ1) is 4.95. The fraction of sp³-hybridized carbons (Fsp3) is 0.250. The van der Waals surface area contributed by atoms with E-state index < -0.39 is 11.9 Å². The Balaban J connectivity index is 0. The Hall–Kier alpha value is -0.380. The van der Waals surface area contributed by atoms with Crippen molar-refractivity contribution < 1.29 is 14.3 Å². The molecule has 0 unspecified atom stereocenters. The van der Waals surface area contributed by atoms with E-state index in [1.54, 1.807) is 0 Å². The van der Waals surface area contributed by atoms with Gasteiger partial charge in [0.15, 0.2) is 0 Å². The van der Waals surface area contributed by atoms with E-state index in [2.05, 4.69) is 17.9 Å². The maximum atomic E-state index is 10.7. The zero-order valence-electron chi connectivity index (χ0n) is 7.64. The predicted octanol–water partition coefficient (Wildman–Crippen LogP) is 0.828. The van der Waals surface area contributed by atoms with E-state index in [1.807, 2.05) is 0 Å². The number of carbonyl (C=O) groups is 2. The van der Waals surface area contributed by atoms with Crippen molar-refractivity contribution in [1.82, 2.24) is 0 Å². The molecule has 0 atom stereocenters. The second-order valence-corrected chi connectivity index (χ2v) is 2.24. The minimum Gasteiger partial charge on any atom is -0.386 e. The second kappa shape index (κ2) is 6.17. The third-order valence-corrected chi connectivity index (χ3v) is 0.882. The van der Waals surface area contributed by atoms with E-state index in [4.69, 9.17) is 0 Å². The molecule has 0 rings (SSSR count). The monoisotopic (exact) mass is 177 g/mol. The molecule has 0 saturated carbocycles. The van der Waals surface area contributed by atoms with E-state index in [-0.39, 0.29) is 40.7 Å². The van der Waals surface area contributed by atoms with Crippen LogP contribution >= 0.6 is 0 Å². The first kappa shape index (κ1) is 14.2. The van der Waals surface area contributed by atoms with Gasteiger partial charge in [-0.25, -0.2) is 9.59 Å². The molecule has 3 nitrogen and oxygen atoms in total. The van der Waals surface area contributed by atoms with Crippen molar-refractivity contribution in [3.05, 3.63) is 24.3 Å². The molecule has 0 aliphatic heterocycles. The van der Waals surface area contributed by atoms with Crippen molar-refractivity contribution in [2.45, 2.75) is 13.8 Å². The molecule has 1 radical (unpaired) electrons. The van der Waals surface area contributed by atoms with E-state index in [1.165, 1.54) is 13.8 Å². The molecule has 0 saturated heterocycles. The average Bonchev–Trinajstić information content (AvgIpc) is 1.87. The fourth-order valence-electron chi connectivity index (χ4n) is 0.258. The zero-order chi connectivity index (χ0) is 9.02. The molecular weight excluding hydrogens is 167 g/mol. The summed E-state index contributed by atoms with van der Waals surface area (Å²) in [6, 6.07) is 0. The number of esters is 2. The van der Waals surface area contributed by atoms with Gasteiger partial charge in [0.2, 0.25) is 0 Å². The van der Waals surface area contributed by atoms with Crippen LogP contribution in [0.5, 0.6) is 0 Å². The Kier molecular flexibility index (Phi) is 7.28. The van der Waals surface area contributed by atoms with Crippen molar-refractivity contribution in [1.29, 1.82) is 0 Å². The first-order valence-electron chi connectivity index (χ1n) is 3.02. The van der Waals surface area contributed by atoms with Crippen LogP contribution in [0.25, 0.3) is 0 Å². The Morgan fingerprint density at radius 1 is 1.00 bits per heavy atom. The molecule has 0 aromatic carbocycles. The minimum absolute atomic E-state index is 0. The van der Waals surface area contributed by atoms with Crippen LogP contribution < -0.4 is 0 Å². The smallest absolute Gasteiger partial charge is 0.340 e. The molecule has 0 fully saturated rings. The predicted molar refractivity (Wildman–Crippen MR) is 46.5 cm³/mol. The number of carbonyl (C=O) groups excluding carboxylic acids is 2. The summed E-state index contributed by atoms with van der Waals surface area (Å²) in [4.78, 5) is 21.3. The van der Waals surface area contributed by atoms with E-state index in [9.17, 15) is 9.59 Å². The van der Waals surface area contributed by atoms with E-state index in [0.717, 1.165) is 0 Å². The average molecular weight is 177 g/mol. The van der Waals surface area contributed by atoms with Crippen LogP contribution in [-0.2, 0) is 14.3 Å². The van der Waals surface area contributed by atoms with Crippen LogP contribution in [0.3, 0.4) is 0 Å². The van der Waals surface area contributed by atoms with Gasteiger partial charge in [-0.3, -0.25) is 0 Å². The molecule has 61 valence electrons. The molecule has 0 aliphatic carbocycles. The molecule has 0 N–H and O–H groups in total. The topological polar surface area (TPSA) is 43.4 Å². The van der Waals surface area contributed by atoms with Gasteiger partial charge >= 0.3 is 11.9 Å². The van der Waals surface area contributed by atoms with Gasteiger partial charge in [-0.15, -0.1) is 0 Å². The number of hydrogen-bond donors (Lipinski definition) is 0. The largest absolute Gasteiger partial charge is 0.386 e. The summed E-state index contributed by atoms with van der Waals surface area (Å²) in [6.45, 7) is 9.55. The molecule has 4 heteroatoms. The molecule has 0 bridgehead atoms.